The SMILES string of the molecule is C[PH+](C)c1ccccc1C(=O)c1ccccc1[PH+](C)C.NC(c1ccccc1)C(N)c1ccccc1.[Cl][Ru+2][Cl]. The Morgan fingerprint density at radius 3 is 1.18 bits per heavy atom. The Bertz CT molecular complexity index is 1180. The summed E-state index contributed by atoms with van der Waals surface area (Å²) in [6.07, 6.45) is 0. The van der Waals surface area contributed by atoms with E-state index in [9.17, 15) is 4.79 Å². The zero-order valence-electron chi connectivity index (χ0n) is 22.7. The van der Waals surface area contributed by atoms with Gasteiger partial charge in [-0.1, -0.05) is 84.9 Å². The van der Waals surface area contributed by atoms with Crippen LogP contribution in [0.2, 0.25) is 0 Å². The molecular formula is C31H38Cl2N2OP2Ru+4. The molecule has 2 atom stereocenters. The van der Waals surface area contributed by atoms with E-state index in [1.807, 2.05) is 97.1 Å². The van der Waals surface area contributed by atoms with Crippen LogP contribution < -0.4 is 22.1 Å². The van der Waals surface area contributed by atoms with Gasteiger partial charge in [0.25, 0.3) is 0 Å². The molecule has 8 heteroatoms. The van der Waals surface area contributed by atoms with Gasteiger partial charge in [-0.05, 0) is 35.4 Å². The van der Waals surface area contributed by atoms with E-state index < -0.39 is 15.8 Å². The zero-order chi connectivity index (χ0) is 28.8. The van der Waals surface area contributed by atoms with E-state index in [2.05, 4.69) is 38.8 Å². The second kappa shape index (κ2) is 18.1. The number of benzene rings is 4. The molecule has 0 amide bonds. The van der Waals surface area contributed by atoms with Gasteiger partial charge in [0, 0.05) is 27.9 Å². The average molecular weight is 689 g/mol. The molecule has 0 saturated carbocycles. The van der Waals surface area contributed by atoms with Crippen molar-refractivity contribution in [3.63, 3.8) is 0 Å². The fraction of sp³-hybridized carbons (Fsp3) is 0.194. The van der Waals surface area contributed by atoms with Gasteiger partial charge < -0.3 is 11.5 Å². The van der Waals surface area contributed by atoms with Crippen molar-refractivity contribution in [2.24, 2.45) is 11.5 Å². The molecule has 0 heterocycles. The van der Waals surface area contributed by atoms with Crippen LogP contribution in [0, 0.1) is 0 Å². The summed E-state index contributed by atoms with van der Waals surface area (Å²) >= 11 is -0.346. The first-order valence-electron chi connectivity index (χ1n) is 12.5. The molecule has 4 rings (SSSR count). The first kappa shape index (κ1) is 33.7. The molecule has 0 fully saturated rings. The molecule has 0 aliphatic heterocycles. The van der Waals surface area contributed by atoms with Crippen molar-refractivity contribution in [2.75, 3.05) is 26.7 Å². The molecule has 0 spiro atoms. The van der Waals surface area contributed by atoms with Gasteiger partial charge in [0.2, 0.25) is 5.78 Å². The summed E-state index contributed by atoms with van der Waals surface area (Å²) in [5.74, 6) is 0.189. The number of hydrogen-bond acceptors (Lipinski definition) is 3. The number of hydrogen-bond donors (Lipinski definition) is 2. The second-order valence-electron chi connectivity index (χ2n) is 9.34. The summed E-state index contributed by atoms with van der Waals surface area (Å²) < 4.78 is 0. The van der Waals surface area contributed by atoms with E-state index in [1.54, 1.807) is 0 Å². The van der Waals surface area contributed by atoms with Crippen molar-refractivity contribution in [3.05, 3.63) is 131 Å². The van der Waals surface area contributed by atoms with Crippen molar-refractivity contribution in [1.29, 1.82) is 0 Å². The van der Waals surface area contributed by atoms with Crippen LogP contribution in [0.3, 0.4) is 0 Å². The molecule has 2 unspecified atom stereocenters. The Balaban J connectivity index is 0.000000253. The predicted octanol–water partition coefficient (Wildman–Crippen LogP) is 6.88. The summed E-state index contributed by atoms with van der Waals surface area (Å²) in [6.45, 7) is 8.93. The minimum absolute atomic E-state index is 0.163. The van der Waals surface area contributed by atoms with Crippen LogP contribution in [0.15, 0.2) is 109 Å². The van der Waals surface area contributed by atoms with E-state index in [0.29, 0.717) is 0 Å². The predicted molar refractivity (Wildman–Crippen MR) is 174 cm³/mol. The first-order chi connectivity index (χ1) is 18.7. The van der Waals surface area contributed by atoms with Gasteiger partial charge in [-0.2, -0.15) is 0 Å². The van der Waals surface area contributed by atoms with Gasteiger partial charge >= 0.3 is 34.5 Å². The van der Waals surface area contributed by atoms with Crippen LogP contribution >= 0.6 is 35.2 Å². The fourth-order valence-electron chi connectivity index (χ4n) is 4.14. The molecule has 206 valence electrons. The first-order valence-corrected chi connectivity index (χ1v) is 22.0. The van der Waals surface area contributed by atoms with Crippen molar-refractivity contribution >= 4 is 51.6 Å². The maximum atomic E-state index is 12.9. The third-order valence-electron chi connectivity index (χ3n) is 6.18. The molecule has 0 bridgehead atoms. The van der Waals surface area contributed by atoms with Crippen LogP contribution in [0.25, 0.3) is 0 Å². The number of carbonyl (C=O) groups excluding carboxylic acids is 1. The van der Waals surface area contributed by atoms with Crippen LogP contribution in [-0.2, 0) is 15.1 Å². The van der Waals surface area contributed by atoms with Gasteiger partial charge in [-0.3, -0.25) is 4.79 Å². The molecule has 0 radical (unpaired) electrons. The average Bonchev–Trinajstić information content (AvgIpc) is 2.97. The molecule has 0 saturated heterocycles. The Morgan fingerprint density at radius 1 is 0.590 bits per heavy atom. The van der Waals surface area contributed by atoms with E-state index in [4.69, 9.17) is 30.8 Å². The van der Waals surface area contributed by atoms with E-state index in [-0.39, 0.29) is 33.0 Å². The summed E-state index contributed by atoms with van der Waals surface area (Å²) in [5, 5.41) is 2.47. The van der Waals surface area contributed by atoms with Crippen LogP contribution in [0.4, 0.5) is 0 Å². The van der Waals surface area contributed by atoms with Crippen molar-refractivity contribution in [1.82, 2.24) is 0 Å². The number of nitrogens with two attached hydrogens (primary N) is 2. The van der Waals surface area contributed by atoms with Crippen molar-refractivity contribution < 1.29 is 19.9 Å². The van der Waals surface area contributed by atoms with Crippen molar-refractivity contribution in [3.8, 4) is 0 Å². The quantitative estimate of drug-likeness (QED) is 0.127. The summed E-state index contributed by atoms with van der Waals surface area (Å²) in [5.41, 5.74) is 16.2. The zero-order valence-corrected chi connectivity index (χ0v) is 28.0. The molecule has 4 aromatic rings. The van der Waals surface area contributed by atoms with E-state index >= 15 is 0 Å². The Hall–Kier alpha value is -1.47. The number of halogens is 2. The molecule has 0 aliphatic carbocycles. The Kier molecular flexibility index (Phi) is 15.6. The third kappa shape index (κ3) is 10.5. The number of ketones is 1. The normalized spacial score (nSPS) is 12.1. The molecule has 39 heavy (non-hydrogen) atoms. The molecule has 4 N–H and O–H groups in total. The van der Waals surface area contributed by atoms with Crippen LogP contribution in [0.5, 0.6) is 0 Å². The summed E-state index contributed by atoms with van der Waals surface area (Å²) in [7, 11) is 8.43. The minimum atomic E-state index is -0.639. The topological polar surface area (TPSA) is 69.1 Å². The maximum absolute atomic E-state index is 12.9. The Morgan fingerprint density at radius 2 is 0.872 bits per heavy atom. The number of rotatable bonds is 7. The van der Waals surface area contributed by atoms with E-state index in [0.717, 1.165) is 22.3 Å². The summed E-state index contributed by atoms with van der Waals surface area (Å²) in [6, 6.07) is 35.7. The second-order valence-corrected chi connectivity index (χ2v) is 17.1. The van der Waals surface area contributed by atoms with Gasteiger partial charge in [0.1, 0.15) is 10.6 Å². The third-order valence-corrected chi connectivity index (χ3v) is 9.20. The fourth-order valence-corrected chi connectivity index (χ4v) is 6.47. The molecule has 0 aromatic heterocycles. The Labute approximate surface area is 251 Å². The number of carbonyl (C=O) groups is 1. The van der Waals surface area contributed by atoms with Gasteiger partial charge in [0.05, 0.1) is 37.8 Å². The standard InChI is InChI=1S/C17H20OP2.C14H16N2.2ClH.Ru/c1-19(2)15-11-7-5-9-13(15)17(18)14-10-6-8-12-16(14)20(3)4;15-13(11-7-3-1-4-8-11)14(16)12-9-5-2-6-10-12;;;/h5-12H,1-4H3;1-10,13-14H,15-16H2;2*1H;/q;;;;+4. The monoisotopic (exact) mass is 688 g/mol. The van der Waals surface area contributed by atoms with Crippen molar-refractivity contribution in [2.45, 2.75) is 12.1 Å². The van der Waals surface area contributed by atoms with Gasteiger partial charge in [-0.25, -0.2) is 0 Å². The van der Waals surface area contributed by atoms with Gasteiger partial charge in [-0.15, -0.1) is 0 Å². The van der Waals surface area contributed by atoms with E-state index in [1.165, 1.54) is 10.6 Å². The van der Waals surface area contributed by atoms with Crippen LogP contribution in [-0.4, -0.2) is 32.4 Å². The molecule has 0 aliphatic rings. The van der Waals surface area contributed by atoms with Gasteiger partial charge in [0.15, 0.2) is 0 Å². The summed E-state index contributed by atoms with van der Waals surface area (Å²) in [4.78, 5) is 12.9. The molecule has 4 aromatic carbocycles. The van der Waals surface area contributed by atoms with Crippen LogP contribution in [0.1, 0.15) is 39.1 Å². The molecule has 3 nitrogen and oxygen atoms in total. The molecular weight excluding hydrogens is 650 g/mol.